The van der Waals surface area contributed by atoms with Gasteiger partial charge in [0.2, 0.25) is 0 Å². The SMILES string of the molecule is COC12CCC(c3noc(C4CC4)c3C(=O)OC3CC4CCC(C3)N4)(CC1)CC2. The van der Waals surface area contributed by atoms with Gasteiger partial charge in [-0.25, -0.2) is 4.79 Å². The Bertz CT molecular complexity index is 777. The predicted octanol–water partition coefficient (Wildman–Crippen LogP) is 3.98. The quantitative estimate of drug-likeness (QED) is 0.754. The highest BCUT2D eigenvalue weighted by Gasteiger charge is 2.53. The van der Waals surface area contributed by atoms with Gasteiger partial charge in [-0.05, 0) is 77.0 Å². The normalized spacial score (nSPS) is 40.9. The molecular weight excluding hydrogens is 368 g/mol. The number of carbonyl (C=O) groups excluding carboxylic acids is 1. The van der Waals surface area contributed by atoms with Crippen molar-refractivity contribution in [3.8, 4) is 0 Å². The van der Waals surface area contributed by atoms with Crippen molar-refractivity contribution in [2.24, 2.45) is 0 Å². The van der Waals surface area contributed by atoms with Crippen LogP contribution in [0.1, 0.15) is 105 Å². The van der Waals surface area contributed by atoms with Gasteiger partial charge < -0.3 is 19.3 Å². The first-order chi connectivity index (χ1) is 14.1. The predicted molar refractivity (Wildman–Crippen MR) is 106 cm³/mol. The number of nitrogens with zero attached hydrogens (tertiary/aromatic N) is 1. The van der Waals surface area contributed by atoms with E-state index >= 15 is 0 Å². The molecule has 2 unspecified atom stereocenters. The van der Waals surface area contributed by atoms with Crippen LogP contribution in [0.4, 0.5) is 0 Å². The van der Waals surface area contributed by atoms with E-state index in [-0.39, 0.29) is 23.1 Å². The Morgan fingerprint density at radius 3 is 2.28 bits per heavy atom. The first-order valence-corrected chi connectivity index (χ1v) is 11.6. The van der Waals surface area contributed by atoms with Gasteiger partial charge in [0.15, 0.2) is 5.76 Å². The van der Waals surface area contributed by atoms with Crippen molar-refractivity contribution in [1.29, 1.82) is 0 Å². The summed E-state index contributed by atoms with van der Waals surface area (Å²) in [7, 11) is 1.84. The van der Waals surface area contributed by atoms with Gasteiger partial charge in [-0.15, -0.1) is 0 Å². The van der Waals surface area contributed by atoms with Crippen molar-refractivity contribution in [3.63, 3.8) is 0 Å². The van der Waals surface area contributed by atoms with Crippen molar-refractivity contribution in [3.05, 3.63) is 17.0 Å². The molecule has 0 spiro atoms. The minimum absolute atomic E-state index is 0.0207. The molecule has 7 rings (SSSR count). The van der Waals surface area contributed by atoms with E-state index < -0.39 is 0 Å². The Balaban J connectivity index is 1.28. The summed E-state index contributed by atoms with van der Waals surface area (Å²) in [6.07, 6.45) is 12.7. The number of rotatable bonds is 5. The van der Waals surface area contributed by atoms with Gasteiger partial charge in [-0.1, -0.05) is 5.16 Å². The lowest BCUT2D eigenvalue weighted by Gasteiger charge is -2.52. The molecular formula is C23H32N2O4. The van der Waals surface area contributed by atoms with E-state index in [0.717, 1.165) is 75.7 Å². The molecule has 158 valence electrons. The molecule has 0 aromatic carbocycles. The lowest BCUT2D eigenvalue weighted by atomic mass is 9.57. The van der Waals surface area contributed by atoms with Crippen molar-refractivity contribution in [1.82, 2.24) is 10.5 Å². The topological polar surface area (TPSA) is 73.6 Å². The number of fused-ring (bicyclic) bond motifs is 5. The number of aromatic nitrogens is 1. The molecule has 1 N–H and O–H groups in total. The third-order valence-electron chi connectivity index (χ3n) is 8.69. The second-order valence-corrected chi connectivity index (χ2v) is 10.3. The van der Waals surface area contributed by atoms with E-state index in [4.69, 9.17) is 14.0 Å². The van der Waals surface area contributed by atoms with Gasteiger partial charge in [-0.2, -0.15) is 0 Å². The van der Waals surface area contributed by atoms with Gasteiger partial charge in [0.25, 0.3) is 0 Å². The fourth-order valence-corrected chi connectivity index (χ4v) is 6.61. The lowest BCUT2D eigenvalue weighted by Crippen LogP contribution is -2.50. The molecule has 3 heterocycles. The zero-order chi connectivity index (χ0) is 19.6. The Kier molecular flexibility index (Phi) is 4.15. The molecule has 29 heavy (non-hydrogen) atoms. The molecule has 0 amide bonds. The Morgan fingerprint density at radius 1 is 1.03 bits per heavy atom. The number of hydrogen-bond acceptors (Lipinski definition) is 6. The summed E-state index contributed by atoms with van der Waals surface area (Å²) in [5.41, 5.74) is 1.58. The molecule has 6 fully saturated rings. The van der Waals surface area contributed by atoms with Gasteiger partial charge >= 0.3 is 5.97 Å². The van der Waals surface area contributed by atoms with Gasteiger partial charge in [0.05, 0.1) is 5.60 Å². The minimum atomic E-state index is -0.182. The summed E-state index contributed by atoms with van der Waals surface area (Å²) < 4.78 is 17.8. The summed E-state index contributed by atoms with van der Waals surface area (Å²) in [6.45, 7) is 0. The lowest BCUT2D eigenvalue weighted by molar-refractivity contribution is -0.0967. The average Bonchev–Trinajstić information content (AvgIpc) is 3.40. The van der Waals surface area contributed by atoms with Crippen LogP contribution in [-0.2, 0) is 14.9 Å². The summed E-state index contributed by atoms with van der Waals surface area (Å²) in [4.78, 5) is 13.4. The first-order valence-electron chi connectivity index (χ1n) is 11.6. The standard InChI is InChI=1S/C23H32N2O4/c1-27-23-9-6-22(7-10-23,8-11-23)20-18(19(29-25-20)14-2-3-14)21(26)28-17-12-15-4-5-16(13-17)24-15/h14-17,24H,2-13H2,1H3. The number of esters is 1. The second-order valence-electron chi connectivity index (χ2n) is 10.3. The highest BCUT2D eigenvalue weighted by atomic mass is 16.5. The Labute approximate surface area is 172 Å². The van der Waals surface area contributed by atoms with Crippen LogP contribution in [0.25, 0.3) is 0 Å². The number of ether oxygens (including phenoxy) is 2. The molecule has 0 radical (unpaired) electrons. The van der Waals surface area contributed by atoms with E-state index in [2.05, 4.69) is 10.5 Å². The van der Waals surface area contributed by atoms with E-state index in [0.29, 0.717) is 23.6 Å². The summed E-state index contributed by atoms with van der Waals surface area (Å²) in [6, 6.07) is 1.02. The molecule has 2 aliphatic heterocycles. The molecule has 4 bridgehead atoms. The zero-order valence-electron chi connectivity index (χ0n) is 17.4. The molecule has 1 aromatic rings. The number of nitrogens with one attached hydrogen (secondary N) is 1. The third-order valence-corrected chi connectivity index (χ3v) is 8.69. The molecule has 2 saturated heterocycles. The Hall–Kier alpha value is -1.40. The molecule has 6 aliphatic rings. The maximum Gasteiger partial charge on any atom is 0.344 e. The van der Waals surface area contributed by atoms with Crippen molar-refractivity contribution < 1.29 is 18.8 Å². The van der Waals surface area contributed by atoms with Crippen LogP contribution in [0.15, 0.2) is 4.52 Å². The molecule has 4 aliphatic carbocycles. The number of methoxy groups -OCH3 is 1. The molecule has 6 heteroatoms. The highest BCUT2D eigenvalue weighted by Crippen LogP contribution is 2.56. The third kappa shape index (κ3) is 2.97. The number of piperidine rings is 1. The molecule has 4 saturated carbocycles. The van der Waals surface area contributed by atoms with Gasteiger partial charge in [0.1, 0.15) is 17.4 Å². The first kappa shape index (κ1) is 18.4. The maximum atomic E-state index is 13.4. The van der Waals surface area contributed by atoms with Crippen molar-refractivity contribution in [2.45, 2.75) is 112 Å². The molecule has 2 atom stereocenters. The second kappa shape index (κ2) is 6.55. The number of carbonyl (C=O) groups is 1. The minimum Gasteiger partial charge on any atom is -0.459 e. The van der Waals surface area contributed by atoms with E-state index in [1.807, 2.05) is 7.11 Å². The van der Waals surface area contributed by atoms with Crippen LogP contribution in [0.3, 0.4) is 0 Å². The smallest absolute Gasteiger partial charge is 0.344 e. The maximum absolute atomic E-state index is 13.4. The van der Waals surface area contributed by atoms with Gasteiger partial charge in [-0.3, -0.25) is 0 Å². The Morgan fingerprint density at radius 2 is 1.69 bits per heavy atom. The van der Waals surface area contributed by atoms with Crippen LogP contribution >= 0.6 is 0 Å². The van der Waals surface area contributed by atoms with Crippen LogP contribution in [0, 0.1) is 0 Å². The zero-order valence-corrected chi connectivity index (χ0v) is 17.4. The van der Waals surface area contributed by atoms with E-state index in [1.165, 1.54) is 12.8 Å². The van der Waals surface area contributed by atoms with Crippen molar-refractivity contribution in [2.75, 3.05) is 7.11 Å². The van der Waals surface area contributed by atoms with E-state index in [9.17, 15) is 4.79 Å². The fourth-order valence-electron chi connectivity index (χ4n) is 6.61. The number of hydrogen-bond donors (Lipinski definition) is 1. The van der Waals surface area contributed by atoms with Crippen LogP contribution < -0.4 is 5.32 Å². The summed E-state index contributed by atoms with van der Waals surface area (Å²) in [5.74, 6) is 0.966. The van der Waals surface area contributed by atoms with Crippen LogP contribution in [0.2, 0.25) is 0 Å². The highest BCUT2D eigenvalue weighted by molar-refractivity contribution is 5.92. The fraction of sp³-hybridized carbons (Fsp3) is 0.826. The van der Waals surface area contributed by atoms with E-state index in [1.54, 1.807) is 0 Å². The summed E-state index contributed by atoms with van der Waals surface area (Å²) in [5, 5.41) is 8.17. The largest absolute Gasteiger partial charge is 0.459 e. The molecule has 1 aromatic heterocycles. The van der Waals surface area contributed by atoms with Crippen molar-refractivity contribution >= 4 is 5.97 Å². The summed E-state index contributed by atoms with van der Waals surface area (Å²) >= 11 is 0. The van der Waals surface area contributed by atoms with Crippen LogP contribution in [-0.4, -0.2) is 42.0 Å². The van der Waals surface area contributed by atoms with Crippen LogP contribution in [0.5, 0.6) is 0 Å². The van der Waals surface area contributed by atoms with Gasteiger partial charge in [0, 0.05) is 30.5 Å². The monoisotopic (exact) mass is 400 g/mol. The average molecular weight is 401 g/mol. The molecule has 6 nitrogen and oxygen atoms in total.